The molecule has 72 valence electrons. The first kappa shape index (κ1) is 10.1. The minimum Gasteiger partial charge on any atom is -0.378 e. The molecule has 2 heteroatoms. The van der Waals surface area contributed by atoms with Crippen LogP contribution in [0.3, 0.4) is 0 Å². The van der Waals surface area contributed by atoms with Crippen molar-refractivity contribution < 1.29 is 0 Å². The van der Waals surface area contributed by atoms with Gasteiger partial charge < -0.3 is 10.6 Å². The predicted molar refractivity (Wildman–Crippen MR) is 58.2 cm³/mol. The fourth-order valence-corrected chi connectivity index (χ4v) is 1.24. The maximum atomic E-state index is 5.59. The number of rotatable bonds is 3. The lowest BCUT2D eigenvalue weighted by Crippen LogP contribution is -2.10. The second-order valence-corrected chi connectivity index (χ2v) is 3.62. The van der Waals surface area contributed by atoms with Gasteiger partial charge in [0, 0.05) is 19.8 Å². The van der Waals surface area contributed by atoms with Crippen molar-refractivity contribution in [3.8, 4) is 0 Å². The molecule has 2 N–H and O–H groups in total. The Morgan fingerprint density at radius 3 is 2.15 bits per heavy atom. The Morgan fingerprint density at radius 1 is 1.23 bits per heavy atom. The number of nitrogens with two attached hydrogens (primary N) is 1. The second-order valence-electron chi connectivity index (χ2n) is 3.62. The maximum Gasteiger partial charge on any atom is 0.0361 e. The summed E-state index contributed by atoms with van der Waals surface area (Å²) < 4.78 is 0. The molecule has 0 fully saturated rings. The van der Waals surface area contributed by atoms with E-state index in [0.29, 0.717) is 12.5 Å². The van der Waals surface area contributed by atoms with Crippen molar-refractivity contribution in [1.82, 2.24) is 0 Å². The molecular formula is C11H18N2. The van der Waals surface area contributed by atoms with Crippen molar-refractivity contribution in [2.45, 2.75) is 12.8 Å². The van der Waals surface area contributed by atoms with Gasteiger partial charge in [-0.3, -0.25) is 0 Å². The molecule has 0 saturated heterocycles. The molecule has 0 aromatic heterocycles. The highest BCUT2D eigenvalue weighted by molar-refractivity contribution is 5.46. The summed E-state index contributed by atoms with van der Waals surface area (Å²) in [5, 5.41) is 0. The molecule has 0 bridgehead atoms. The minimum absolute atomic E-state index is 0.455. The van der Waals surface area contributed by atoms with Crippen LogP contribution in [-0.4, -0.2) is 20.6 Å². The van der Waals surface area contributed by atoms with Crippen LogP contribution in [0.25, 0.3) is 0 Å². The lowest BCUT2D eigenvalue weighted by Gasteiger charge is -2.14. The minimum atomic E-state index is 0.455. The molecule has 1 aromatic carbocycles. The van der Waals surface area contributed by atoms with Crippen molar-refractivity contribution >= 4 is 5.69 Å². The van der Waals surface area contributed by atoms with Crippen LogP contribution in [0, 0.1) is 0 Å². The van der Waals surface area contributed by atoms with Crippen molar-refractivity contribution in [1.29, 1.82) is 0 Å². The van der Waals surface area contributed by atoms with E-state index in [2.05, 4.69) is 36.1 Å². The van der Waals surface area contributed by atoms with E-state index in [1.165, 1.54) is 11.3 Å². The van der Waals surface area contributed by atoms with Gasteiger partial charge in [-0.25, -0.2) is 0 Å². The van der Waals surface area contributed by atoms with Crippen molar-refractivity contribution in [3.05, 3.63) is 29.8 Å². The van der Waals surface area contributed by atoms with E-state index >= 15 is 0 Å². The van der Waals surface area contributed by atoms with Gasteiger partial charge in [-0.15, -0.1) is 0 Å². The van der Waals surface area contributed by atoms with Gasteiger partial charge in [-0.2, -0.15) is 0 Å². The second kappa shape index (κ2) is 4.28. The van der Waals surface area contributed by atoms with E-state index in [0.717, 1.165) is 0 Å². The molecule has 0 saturated carbocycles. The van der Waals surface area contributed by atoms with E-state index in [4.69, 9.17) is 5.73 Å². The van der Waals surface area contributed by atoms with Gasteiger partial charge in [0.15, 0.2) is 0 Å². The smallest absolute Gasteiger partial charge is 0.0361 e. The van der Waals surface area contributed by atoms with Gasteiger partial charge in [0.05, 0.1) is 0 Å². The monoisotopic (exact) mass is 178 g/mol. The Hall–Kier alpha value is -1.02. The summed E-state index contributed by atoms with van der Waals surface area (Å²) in [5.74, 6) is 0.455. The molecule has 0 heterocycles. The van der Waals surface area contributed by atoms with Crippen LogP contribution in [0.4, 0.5) is 5.69 Å². The van der Waals surface area contributed by atoms with E-state index < -0.39 is 0 Å². The number of benzene rings is 1. The molecule has 1 aromatic rings. The first-order chi connectivity index (χ1) is 6.15. The van der Waals surface area contributed by atoms with Gasteiger partial charge in [0.2, 0.25) is 0 Å². The van der Waals surface area contributed by atoms with Crippen molar-refractivity contribution in [2.24, 2.45) is 5.73 Å². The highest BCUT2D eigenvalue weighted by Crippen LogP contribution is 2.18. The lowest BCUT2D eigenvalue weighted by molar-refractivity contribution is 0.774. The molecule has 1 rings (SSSR count). The zero-order chi connectivity index (χ0) is 9.84. The number of nitrogens with zero attached hydrogens (tertiary/aromatic N) is 1. The third-order valence-corrected chi connectivity index (χ3v) is 2.33. The largest absolute Gasteiger partial charge is 0.378 e. The Balaban J connectivity index is 2.81. The Bertz CT molecular complexity index is 251. The Kier molecular flexibility index (Phi) is 3.32. The van der Waals surface area contributed by atoms with Crippen molar-refractivity contribution in [3.63, 3.8) is 0 Å². The highest BCUT2D eigenvalue weighted by atomic mass is 15.1. The van der Waals surface area contributed by atoms with Crippen LogP contribution in [0.15, 0.2) is 24.3 Å². The normalized spacial score (nSPS) is 12.6. The average Bonchev–Trinajstić information content (AvgIpc) is 2.17. The molecule has 0 aliphatic carbocycles. The van der Waals surface area contributed by atoms with Crippen LogP contribution < -0.4 is 10.6 Å². The molecular weight excluding hydrogens is 160 g/mol. The standard InChI is InChI=1S/C11H18N2/c1-9(8-12)10-4-6-11(7-5-10)13(2)3/h4-7,9H,8,12H2,1-3H3. The number of hydrogen-bond acceptors (Lipinski definition) is 2. The van der Waals surface area contributed by atoms with Gasteiger partial charge >= 0.3 is 0 Å². The maximum absolute atomic E-state index is 5.59. The summed E-state index contributed by atoms with van der Waals surface area (Å²) in [6, 6.07) is 8.54. The van der Waals surface area contributed by atoms with Crippen LogP contribution in [0.1, 0.15) is 18.4 Å². The summed E-state index contributed by atoms with van der Waals surface area (Å²) in [4.78, 5) is 2.09. The summed E-state index contributed by atoms with van der Waals surface area (Å²) >= 11 is 0. The van der Waals surface area contributed by atoms with Gasteiger partial charge in [-0.05, 0) is 30.2 Å². The number of anilines is 1. The molecule has 0 spiro atoms. The fourth-order valence-electron chi connectivity index (χ4n) is 1.24. The van der Waals surface area contributed by atoms with Gasteiger partial charge in [0.1, 0.15) is 0 Å². The first-order valence-corrected chi connectivity index (χ1v) is 4.62. The highest BCUT2D eigenvalue weighted by Gasteiger charge is 2.02. The van der Waals surface area contributed by atoms with Crippen LogP contribution in [0.5, 0.6) is 0 Å². The Morgan fingerprint density at radius 2 is 1.77 bits per heavy atom. The third kappa shape index (κ3) is 2.46. The number of hydrogen-bond donors (Lipinski definition) is 1. The molecule has 0 radical (unpaired) electrons. The summed E-state index contributed by atoms with van der Waals surface area (Å²) in [6.45, 7) is 2.85. The van der Waals surface area contributed by atoms with Crippen molar-refractivity contribution in [2.75, 3.05) is 25.5 Å². The topological polar surface area (TPSA) is 29.3 Å². The van der Waals surface area contributed by atoms with Crippen LogP contribution >= 0.6 is 0 Å². The quantitative estimate of drug-likeness (QED) is 0.765. The predicted octanol–water partition coefficient (Wildman–Crippen LogP) is 1.81. The summed E-state index contributed by atoms with van der Waals surface area (Å²) in [5.41, 5.74) is 8.13. The molecule has 13 heavy (non-hydrogen) atoms. The SMILES string of the molecule is CC(CN)c1ccc(N(C)C)cc1. The lowest BCUT2D eigenvalue weighted by atomic mass is 10.0. The van der Waals surface area contributed by atoms with E-state index in [1.807, 2.05) is 14.1 Å². The van der Waals surface area contributed by atoms with E-state index in [-0.39, 0.29) is 0 Å². The Labute approximate surface area is 80.4 Å². The average molecular weight is 178 g/mol. The molecule has 1 unspecified atom stereocenters. The van der Waals surface area contributed by atoms with Gasteiger partial charge in [-0.1, -0.05) is 19.1 Å². The zero-order valence-corrected chi connectivity index (χ0v) is 8.62. The summed E-state index contributed by atoms with van der Waals surface area (Å²) in [6.07, 6.45) is 0. The summed E-state index contributed by atoms with van der Waals surface area (Å²) in [7, 11) is 4.09. The van der Waals surface area contributed by atoms with E-state index in [9.17, 15) is 0 Å². The third-order valence-electron chi connectivity index (χ3n) is 2.33. The van der Waals surface area contributed by atoms with E-state index in [1.54, 1.807) is 0 Å². The molecule has 1 atom stereocenters. The van der Waals surface area contributed by atoms with Gasteiger partial charge in [0.25, 0.3) is 0 Å². The molecule has 2 nitrogen and oxygen atoms in total. The van der Waals surface area contributed by atoms with Crippen LogP contribution in [-0.2, 0) is 0 Å². The fraction of sp³-hybridized carbons (Fsp3) is 0.455. The molecule has 0 amide bonds. The van der Waals surface area contributed by atoms with Crippen LogP contribution in [0.2, 0.25) is 0 Å². The molecule has 0 aliphatic heterocycles. The molecule has 0 aliphatic rings. The zero-order valence-electron chi connectivity index (χ0n) is 8.62. The first-order valence-electron chi connectivity index (χ1n) is 4.62.